The van der Waals surface area contributed by atoms with Gasteiger partial charge in [-0.1, -0.05) is 8.67 Å². The molecule has 0 rings (SSSR count). The van der Waals surface area contributed by atoms with Gasteiger partial charge in [0.05, 0.1) is 0 Å². The molecular formula is C2F6O7S2. The Labute approximate surface area is 89.0 Å². The van der Waals surface area contributed by atoms with Crippen LogP contribution < -0.4 is 0 Å². The van der Waals surface area contributed by atoms with Gasteiger partial charge >= 0.3 is 31.3 Å². The van der Waals surface area contributed by atoms with Gasteiger partial charge in [-0.3, -0.25) is 0 Å². The van der Waals surface area contributed by atoms with Gasteiger partial charge in [-0.05, 0) is 5.04 Å². The Balaban J connectivity index is 4.58. The fourth-order valence-corrected chi connectivity index (χ4v) is 0.553. The van der Waals surface area contributed by atoms with Crippen molar-refractivity contribution in [1.82, 2.24) is 0 Å². The van der Waals surface area contributed by atoms with Gasteiger partial charge in [0, 0.05) is 0 Å². The Bertz CT molecular complexity index is 410. The molecule has 104 valence electrons. The van der Waals surface area contributed by atoms with E-state index >= 15 is 0 Å². The van der Waals surface area contributed by atoms with Crippen LogP contribution in [-0.2, 0) is 33.9 Å². The first kappa shape index (κ1) is 16.4. The molecule has 0 N–H and O–H groups in total. The van der Waals surface area contributed by atoms with E-state index < -0.39 is 31.3 Å². The van der Waals surface area contributed by atoms with Gasteiger partial charge in [-0.25, -0.2) is 0 Å². The Kier molecular flexibility index (Phi) is 4.39. The SMILES string of the molecule is O=S(=O)(OOOS(=O)(=O)C(F)(F)F)C(F)(F)F. The lowest BCUT2D eigenvalue weighted by Crippen LogP contribution is -2.29. The second-order valence-electron chi connectivity index (χ2n) is 2.00. The molecule has 7 nitrogen and oxygen atoms in total. The predicted octanol–water partition coefficient (Wildman–Crippen LogP) is 0.565. The number of hydrogen-bond acceptors (Lipinski definition) is 7. The van der Waals surface area contributed by atoms with E-state index in [0.717, 1.165) is 0 Å². The molecule has 0 saturated heterocycles. The van der Waals surface area contributed by atoms with Gasteiger partial charge in [0.15, 0.2) is 0 Å². The topological polar surface area (TPSA) is 96.0 Å². The lowest BCUT2D eigenvalue weighted by atomic mass is 11.6. The van der Waals surface area contributed by atoms with Crippen LogP contribution in [0.25, 0.3) is 0 Å². The minimum atomic E-state index is -6.44. The van der Waals surface area contributed by atoms with E-state index in [-0.39, 0.29) is 0 Å². The second-order valence-corrected chi connectivity index (χ2v) is 5.02. The summed E-state index contributed by atoms with van der Waals surface area (Å²) in [5.74, 6) is 0. The van der Waals surface area contributed by atoms with Crippen molar-refractivity contribution < 1.29 is 56.9 Å². The first-order valence-corrected chi connectivity index (χ1v) is 5.69. The van der Waals surface area contributed by atoms with Crippen molar-refractivity contribution in [2.75, 3.05) is 0 Å². The van der Waals surface area contributed by atoms with E-state index in [2.05, 4.69) is 13.7 Å². The summed E-state index contributed by atoms with van der Waals surface area (Å²) in [7, 11) is -12.9. The summed E-state index contributed by atoms with van der Waals surface area (Å²) in [5, 5.41) is 2.40. The van der Waals surface area contributed by atoms with Crippen LogP contribution in [0.15, 0.2) is 0 Å². The monoisotopic (exact) mass is 314 g/mol. The van der Waals surface area contributed by atoms with Crippen LogP contribution in [0, 0.1) is 0 Å². The van der Waals surface area contributed by atoms with Crippen molar-refractivity contribution in [3.8, 4) is 0 Å². The molecule has 0 aromatic heterocycles. The summed E-state index contributed by atoms with van der Waals surface area (Å²) in [6, 6.07) is 0. The van der Waals surface area contributed by atoms with Gasteiger partial charge in [-0.15, -0.1) is 0 Å². The Morgan fingerprint density at radius 3 is 1.06 bits per heavy atom. The normalized spacial score (nSPS) is 14.9. The molecule has 15 heteroatoms. The molecule has 0 aliphatic rings. The fraction of sp³-hybridized carbons (Fsp3) is 1.00. The third-order valence-corrected chi connectivity index (χ3v) is 2.40. The average Bonchev–Trinajstić information content (AvgIpc) is 1.98. The zero-order valence-electron chi connectivity index (χ0n) is 6.94. The first-order valence-electron chi connectivity index (χ1n) is 2.88. The third kappa shape index (κ3) is 4.26. The van der Waals surface area contributed by atoms with Gasteiger partial charge in [-0.2, -0.15) is 43.2 Å². The lowest BCUT2D eigenvalue weighted by molar-refractivity contribution is -0.413. The summed E-state index contributed by atoms with van der Waals surface area (Å²) >= 11 is 0. The largest absolute Gasteiger partial charge is 0.525 e. The molecule has 0 atom stereocenters. The van der Waals surface area contributed by atoms with Crippen molar-refractivity contribution in [3.05, 3.63) is 0 Å². The summed E-state index contributed by atoms with van der Waals surface area (Å²) in [4.78, 5) is 0. The van der Waals surface area contributed by atoms with Crippen LogP contribution in [0.3, 0.4) is 0 Å². The highest BCUT2D eigenvalue weighted by atomic mass is 32.2. The minimum Gasteiger partial charge on any atom is -0.187 e. The molecule has 0 fully saturated rings. The molecule has 0 saturated carbocycles. The molecule has 0 heterocycles. The van der Waals surface area contributed by atoms with Crippen LogP contribution in [0.1, 0.15) is 0 Å². The van der Waals surface area contributed by atoms with Crippen LogP contribution in [0.2, 0.25) is 0 Å². The van der Waals surface area contributed by atoms with Crippen molar-refractivity contribution in [2.24, 2.45) is 0 Å². The molecule has 0 aliphatic carbocycles. The molecule has 0 aliphatic heterocycles. The van der Waals surface area contributed by atoms with Crippen molar-refractivity contribution in [3.63, 3.8) is 0 Å². The van der Waals surface area contributed by atoms with E-state index in [0.29, 0.717) is 0 Å². The van der Waals surface area contributed by atoms with E-state index in [1.165, 1.54) is 0 Å². The highest BCUT2D eigenvalue weighted by Crippen LogP contribution is 2.27. The summed E-state index contributed by atoms with van der Waals surface area (Å²) in [5.41, 5.74) is -12.1. The Morgan fingerprint density at radius 2 is 0.882 bits per heavy atom. The molecule has 0 radical (unpaired) electrons. The van der Waals surface area contributed by atoms with Crippen molar-refractivity contribution in [1.29, 1.82) is 0 Å². The van der Waals surface area contributed by atoms with E-state index in [9.17, 15) is 43.2 Å². The average molecular weight is 314 g/mol. The van der Waals surface area contributed by atoms with Crippen molar-refractivity contribution >= 4 is 20.2 Å². The van der Waals surface area contributed by atoms with Gasteiger partial charge < -0.3 is 0 Å². The second kappa shape index (κ2) is 4.56. The van der Waals surface area contributed by atoms with Crippen LogP contribution in [0.4, 0.5) is 26.3 Å². The van der Waals surface area contributed by atoms with Crippen molar-refractivity contribution in [2.45, 2.75) is 11.0 Å². The quantitative estimate of drug-likeness (QED) is 0.324. The van der Waals surface area contributed by atoms with Crippen LogP contribution in [0.5, 0.6) is 0 Å². The maximum absolute atomic E-state index is 11.5. The highest BCUT2D eigenvalue weighted by Gasteiger charge is 2.51. The molecule has 0 aromatic rings. The molecule has 0 amide bonds. The molecular weight excluding hydrogens is 314 g/mol. The number of alkyl halides is 6. The lowest BCUT2D eigenvalue weighted by Gasteiger charge is -2.07. The Hall–Kier alpha value is -0.640. The first-order chi connectivity index (χ1) is 7.21. The minimum absolute atomic E-state index is 2.37. The molecule has 17 heavy (non-hydrogen) atoms. The third-order valence-electron chi connectivity index (χ3n) is 0.802. The maximum Gasteiger partial charge on any atom is 0.525 e. The number of hydrogen-bond donors (Lipinski definition) is 0. The van der Waals surface area contributed by atoms with E-state index in [1.54, 1.807) is 0 Å². The van der Waals surface area contributed by atoms with Crippen LogP contribution in [-0.4, -0.2) is 27.9 Å². The van der Waals surface area contributed by atoms with Gasteiger partial charge in [0.2, 0.25) is 0 Å². The fourth-order valence-electron chi connectivity index (χ4n) is 0.162. The van der Waals surface area contributed by atoms with E-state index in [4.69, 9.17) is 0 Å². The highest BCUT2D eigenvalue weighted by molar-refractivity contribution is 7.88. The molecule has 0 aromatic carbocycles. The molecule has 0 bridgehead atoms. The smallest absolute Gasteiger partial charge is 0.187 e. The number of halogens is 6. The summed E-state index contributed by atoms with van der Waals surface area (Å²) < 4.78 is 113. The molecule has 0 unspecified atom stereocenters. The summed E-state index contributed by atoms with van der Waals surface area (Å²) in [6.45, 7) is 0. The van der Waals surface area contributed by atoms with E-state index in [1.807, 2.05) is 0 Å². The standard InChI is InChI=1S/C2F6O7S2/c3-1(4,5)16(9,10)14-13-15-17(11,12)2(6,7)8. The Morgan fingerprint density at radius 1 is 0.647 bits per heavy atom. The molecule has 0 spiro atoms. The zero-order chi connectivity index (χ0) is 14.1. The summed E-state index contributed by atoms with van der Waals surface area (Å²) in [6.07, 6.45) is 0. The van der Waals surface area contributed by atoms with Gasteiger partial charge in [0.25, 0.3) is 0 Å². The maximum atomic E-state index is 11.5. The zero-order valence-corrected chi connectivity index (χ0v) is 8.58. The van der Waals surface area contributed by atoms with Crippen LogP contribution >= 0.6 is 0 Å². The van der Waals surface area contributed by atoms with Gasteiger partial charge in [0.1, 0.15) is 0 Å². The predicted molar refractivity (Wildman–Crippen MR) is 33.2 cm³/mol. The number of rotatable bonds is 4.